The van der Waals surface area contributed by atoms with Crippen LogP contribution in [0.2, 0.25) is 5.15 Å². The van der Waals surface area contributed by atoms with E-state index in [1.165, 1.54) is 0 Å². The molecule has 0 atom stereocenters. The number of hydrogen-bond acceptors (Lipinski definition) is 1. The van der Waals surface area contributed by atoms with E-state index in [0.717, 1.165) is 5.15 Å². The molecule has 1 rings (SSSR count). The van der Waals surface area contributed by atoms with Gasteiger partial charge in [0.1, 0.15) is 7.05 Å². The van der Waals surface area contributed by atoms with E-state index in [9.17, 15) is 0 Å². The molecule has 0 bridgehead atoms. The fraction of sp³-hybridized carbons (Fsp3) is 0.143. The van der Waals surface area contributed by atoms with Crippen LogP contribution < -0.4 is 16.0 Å². The molecule has 4 nitrogen and oxygen atoms in total. The monoisotopic (exact) mass is 188 g/mol. The summed E-state index contributed by atoms with van der Waals surface area (Å²) in [6.45, 7) is 0. The Morgan fingerprint density at radius 2 is 2.00 bits per heavy atom. The lowest BCUT2D eigenvalue weighted by atomic mass is 10.5. The highest BCUT2D eigenvalue weighted by molar-refractivity contribution is 6.28. The Morgan fingerprint density at radius 1 is 1.50 bits per heavy atom. The van der Waals surface area contributed by atoms with Gasteiger partial charge >= 0.3 is 6.03 Å². The van der Waals surface area contributed by atoms with Crippen LogP contribution in [-0.4, -0.2) is 6.03 Å². The normalized spacial score (nSPS) is 8.17. The zero-order valence-electron chi connectivity index (χ0n) is 6.70. The van der Waals surface area contributed by atoms with Crippen molar-refractivity contribution >= 4 is 17.6 Å². The maximum absolute atomic E-state index is 9.00. The minimum absolute atomic E-state index is 0.757. The second-order valence-corrected chi connectivity index (χ2v) is 2.42. The quantitative estimate of drug-likeness (QED) is 0.443. The van der Waals surface area contributed by atoms with Gasteiger partial charge in [-0.1, -0.05) is 0 Å². The van der Waals surface area contributed by atoms with Gasteiger partial charge in [-0.05, 0) is 17.7 Å². The number of amides is 2. The van der Waals surface area contributed by atoms with Gasteiger partial charge in [0.15, 0.2) is 6.20 Å². The topological polar surface area (TPSA) is 73.0 Å². The van der Waals surface area contributed by atoms with Crippen molar-refractivity contribution in [3.8, 4) is 0 Å². The molecule has 1 aromatic heterocycles. The van der Waals surface area contributed by atoms with Gasteiger partial charge in [0.25, 0.3) is 5.15 Å². The van der Waals surface area contributed by atoms with Gasteiger partial charge in [0.2, 0.25) is 0 Å². The van der Waals surface area contributed by atoms with Crippen LogP contribution in [0.15, 0.2) is 24.4 Å². The first kappa shape index (κ1) is 10.7. The highest BCUT2D eigenvalue weighted by Crippen LogP contribution is 1.95. The summed E-state index contributed by atoms with van der Waals surface area (Å²) in [5.74, 6) is 0. The Bertz CT molecular complexity index is 240. The Hall–Kier alpha value is -1.29. The van der Waals surface area contributed by atoms with E-state index in [4.69, 9.17) is 16.4 Å². The zero-order chi connectivity index (χ0) is 9.56. The molecule has 0 unspecified atom stereocenters. The summed E-state index contributed by atoms with van der Waals surface area (Å²) in [5.41, 5.74) is 8.50. The molecule has 0 radical (unpaired) electrons. The molecule has 2 amide bonds. The van der Waals surface area contributed by atoms with Crippen LogP contribution >= 0.6 is 11.6 Å². The molecule has 1 aromatic rings. The first-order valence-corrected chi connectivity index (χ1v) is 3.57. The first-order chi connectivity index (χ1) is 5.54. The number of pyridine rings is 1. The Morgan fingerprint density at radius 3 is 2.25 bits per heavy atom. The summed E-state index contributed by atoms with van der Waals surface area (Å²) in [6, 6.07) is 4.86. The van der Waals surface area contributed by atoms with Crippen LogP contribution in [0.1, 0.15) is 0 Å². The largest absolute Gasteiger partial charge is 0.352 e. The fourth-order valence-electron chi connectivity index (χ4n) is 0.503. The molecular formula is C7H11ClN3O+. The maximum atomic E-state index is 9.00. The number of primary amides is 2. The molecule has 4 N–H and O–H groups in total. The summed E-state index contributed by atoms with van der Waals surface area (Å²) < 4.78 is 1.85. The number of carbonyl (C=O) groups is 1. The lowest BCUT2D eigenvalue weighted by molar-refractivity contribution is -0.669. The molecular weight excluding hydrogens is 178 g/mol. The molecule has 12 heavy (non-hydrogen) atoms. The fourth-order valence-corrected chi connectivity index (χ4v) is 0.632. The molecule has 0 aliphatic rings. The SMILES string of the molecule is C[n+]1ccccc1Cl.NC(N)=O. The van der Waals surface area contributed by atoms with E-state index in [2.05, 4.69) is 11.5 Å². The van der Waals surface area contributed by atoms with Gasteiger partial charge in [-0.2, -0.15) is 4.57 Å². The number of hydrogen-bond donors (Lipinski definition) is 2. The third-order valence-electron chi connectivity index (χ3n) is 0.991. The number of aryl methyl sites for hydroxylation is 1. The van der Waals surface area contributed by atoms with E-state index in [1.807, 2.05) is 36.0 Å². The molecule has 0 aliphatic carbocycles. The van der Waals surface area contributed by atoms with E-state index in [-0.39, 0.29) is 0 Å². The van der Waals surface area contributed by atoms with Crippen molar-refractivity contribution < 1.29 is 9.36 Å². The predicted octanol–water partition coefficient (Wildman–Crippen LogP) is 0.188. The van der Waals surface area contributed by atoms with Crippen molar-refractivity contribution in [3.63, 3.8) is 0 Å². The number of rotatable bonds is 0. The van der Waals surface area contributed by atoms with Crippen LogP contribution in [-0.2, 0) is 7.05 Å². The molecule has 0 saturated carbocycles. The van der Waals surface area contributed by atoms with Crippen LogP contribution in [0.25, 0.3) is 0 Å². The number of aromatic nitrogens is 1. The number of nitrogens with zero attached hydrogens (tertiary/aromatic N) is 1. The molecule has 0 aliphatic heterocycles. The average molecular weight is 189 g/mol. The van der Waals surface area contributed by atoms with Gasteiger partial charge in [0.05, 0.1) is 0 Å². The van der Waals surface area contributed by atoms with Crippen molar-refractivity contribution in [1.82, 2.24) is 0 Å². The van der Waals surface area contributed by atoms with Gasteiger partial charge in [-0.15, -0.1) is 0 Å². The minimum atomic E-state index is -0.833. The molecule has 0 spiro atoms. The minimum Gasteiger partial charge on any atom is -0.352 e. The lowest BCUT2D eigenvalue weighted by Crippen LogP contribution is -2.27. The molecule has 66 valence electrons. The smallest absolute Gasteiger partial charge is 0.309 e. The van der Waals surface area contributed by atoms with E-state index >= 15 is 0 Å². The molecule has 0 aromatic carbocycles. The molecule has 1 heterocycles. The summed E-state index contributed by atoms with van der Waals surface area (Å²) in [6.07, 6.45) is 1.91. The average Bonchev–Trinajstić information content (AvgIpc) is 1.94. The molecule has 0 saturated heterocycles. The molecule has 5 heteroatoms. The van der Waals surface area contributed by atoms with Crippen LogP contribution in [0.4, 0.5) is 4.79 Å². The number of carbonyl (C=O) groups excluding carboxylic acids is 1. The predicted molar refractivity (Wildman–Crippen MR) is 46.4 cm³/mol. The van der Waals surface area contributed by atoms with E-state index < -0.39 is 6.03 Å². The summed E-state index contributed by atoms with van der Waals surface area (Å²) >= 11 is 5.67. The Kier molecular flexibility index (Phi) is 4.79. The van der Waals surface area contributed by atoms with Crippen LogP contribution in [0.3, 0.4) is 0 Å². The lowest BCUT2D eigenvalue weighted by Gasteiger charge is -1.84. The number of urea groups is 1. The van der Waals surface area contributed by atoms with Crippen LogP contribution in [0.5, 0.6) is 0 Å². The number of nitrogens with two attached hydrogens (primary N) is 2. The Labute approximate surface area is 75.7 Å². The van der Waals surface area contributed by atoms with Crippen molar-refractivity contribution in [3.05, 3.63) is 29.5 Å². The summed E-state index contributed by atoms with van der Waals surface area (Å²) in [5, 5.41) is 0.757. The zero-order valence-corrected chi connectivity index (χ0v) is 7.45. The van der Waals surface area contributed by atoms with Crippen LogP contribution in [0, 0.1) is 0 Å². The van der Waals surface area contributed by atoms with Gasteiger partial charge < -0.3 is 11.5 Å². The van der Waals surface area contributed by atoms with Crippen molar-refractivity contribution in [1.29, 1.82) is 0 Å². The van der Waals surface area contributed by atoms with Gasteiger partial charge in [0, 0.05) is 12.1 Å². The summed E-state index contributed by atoms with van der Waals surface area (Å²) in [7, 11) is 1.91. The molecule has 0 fully saturated rings. The van der Waals surface area contributed by atoms with Gasteiger partial charge in [-0.25, -0.2) is 4.79 Å². The van der Waals surface area contributed by atoms with Crippen molar-refractivity contribution in [2.75, 3.05) is 0 Å². The Balaban J connectivity index is 0.000000261. The van der Waals surface area contributed by atoms with E-state index in [1.54, 1.807) is 0 Å². The van der Waals surface area contributed by atoms with E-state index in [0.29, 0.717) is 0 Å². The second kappa shape index (κ2) is 5.37. The highest BCUT2D eigenvalue weighted by atomic mass is 35.5. The third kappa shape index (κ3) is 5.49. The van der Waals surface area contributed by atoms with Crippen molar-refractivity contribution in [2.45, 2.75) is 0 Å². The third-order valence-corrected chi connectivity index (χ3v) is 1.38. The standard InChI is InChI=1S/C6H7ClN.CH4N2O/c1-8-5-3-2-4-6(8)7;2-1(3)4/h2-5H,1H3;(H4,2,3,4)/q+1;. The second-order valence-electron chi connectivity index (χ2n) is 2.04. The van der Waals surface area contributed by atoms with Crippen molar-refractivity contribution in [2.24, 2.45) is 18.5 Å². The van der Waals surface area contributed by atoms with Gasteiger partial charge in [-0.3, -0.25) is 0 Å². The number of halogens is 1. The summed E-state index contributed by atoms with van der Waals surface area (Å²) in [4.78, 5) is 9.00. The first-order valence-electron chi connectivity index (χ1n) is 3.19. The maximum Gasteiger partial charge on any atom is 0.309 e. The highest BCUT2D eigenvalue weighted by Gasteiger charge is 1.94.